The van der Waals surface area contributed by atoms with Gasteiger partial charge in [0.25, 0.3) is 0 Å². The molecule has 2 aliphatic rings. The van der Waals surface area contributed by atoms with Crippen molar-refractivity contribution in [1.82, 2.24) is 15.5 Å². The van der Waals surface area contributed by atoms with Crippen LogP contribution in [0.3, 0.4) is 0 Å². The fourth-order valence-corrected chi connectivity index (χ4v) is 3.16. The molecule has 1 amide bonds. The number of morpholine rings is 2. The summed E-state index contributed by atoms with van der Waals surface area (Å²) < 4.78 is 11.2. The van der Waals surface area contributed by atoms with Gasteiger partial charge in [0.05, 0.1) is 25.9 Å². The minimum atomic E-state index is 0. The van der Waals surface area contributed by atoms with Crippen molar-refractivity contribution in [2.75, 3.05) is 46.0 Å². The van der Waals surface area contributed by atoms with Gasteiger partial charge in [-0.1, -0.05) is 30.3 Å². The first-order valence-corrected chi connectivity index (χ1v) is 8.75. The molecule has 2 saturated heterocycles. The average molecular weight is 406 g/mol. The first kappa shape index (κ1) is 23.1. The van der Waals surface area contributed by atoms with Crippen molar-refractivity contribution in [2.45, 2.75) is 25.1 Å². The van der Waals surface area contributed by atoms with Gasteiger partial charge in [-0.3, -0.25) is 9.69 Å². The third-order valence-electron chi connectivity index (χ3n) is 4.43. The van der Waals surface area contributed by atoms with Gasteiger partial charge in [-0.05, 0) is 5.56 Å². The molecule has 8 heteroatoms. The highest BCUT2D eigenvalue weighted by atomic mass is 35.5. The molecule has 2 aliphatic heterocycles. The zero-order valence-electron chi connectivity index (χ0n) is 14.9. The molecule has 2 unspecified atom stereocenters. The molecule has 2 fully saturated rings. The largest absolute Gasteiger partial charge is 0.378 e. The molecule has 0 spiro atoms. The SMILES string of the molecule is Cl.Cl.O=C(CC1COCCN1)NCC1CN(Cc2ccccc2)CCO1. The highest BCUT2D eigenvalue weighted by Crippen LogP contribution is 2.10. The highest BCUT2D eigenvalue weighted by Gasteiger charge is 2.22. The summed E-state index contributed by atoms with van der Waals surface area (Å²) in [6.07, 6.45) is 0.516. The molecular weight excluding hydrogens is 377 g/mol. The molecule has 26 heavy (non-hydrogen) atoms. The average Bonchev–Trinajstić information content (AvgIpc) is 2.62. The molecule has 2 heterocycles. The van der Waals surface area contributed by atoms with E-state index in [9.17, 15) is 4.79 Å². The number of nitrogens with one attached hydrogen (secondary N) is 2. The molecular formula is C18H29Cl2N3O3. The predicted molar refractivity (Wildman–Crippen MR) is 106 cm³/mol. The fourth-order valence-electron chi connectivity index (χ4n) is 3.16. The van der Waals surface area contributed by atoms with Crippen LogP contribution in [-0.2, 0) is 20.8 Å². The second kappa shape index (κ2) is 12.5. The van der Waals surface area contributed by atoms with Gasteiger partial charge in [0.1, 0.15) is 0 Å². The Morgan fingerprint density at radius 3 is 2.77 bits per heavy atom. The lowest BCUT2D eigenvalue weighted by Crippen LogP contribution is -2.48. The summed E-state index contributed by atoms with van der Waals surface area (Å²) in [6.45, 7) is 6.14. The fraction of sp³-hybridized carbons (Fsp3) is 0.611. The van der Waals surface area contributed by atoms with E-state index in [0.717, 1.165) is 32.8 Å². The van der Waals surface area contributed by atoms with Gasteiger partial charge >= 0.3 is 0 Å². The quantitative estimate of drug-likeness (QED) is 0.744. The second-order valence-electron chi connectivity index (χ2n) is 6.45. The molecule has 2 N–H and O–H groups in total. The van der Waals surface area contributed by atoms with Crippen LogP contribution in [0.5, 0.6) is 0 Å². The standard InChI is InChI=1S/C18H27N3O3.2ClH/c22-18(10-16-14-23-8-6-19-16)20-11-17-13-21(7-9-24-17)12-15-4-2-1-3-5-15;;/h1-5,16-17,19H,6-14H2,(H,20,22);2*1H. The molecule has 2 atom stereocenters. The van der Waals surface area contributed by atoms with Crippen LogP contribution in [0.25, 0.3) is 0 Å². The van der Waals surface area contributed by atoms with Gasteiger partial charge in [-0.25, -0.2) is 0 Å². The molecule has 0 bridgehead atoms. The minimum absolute atomic E-state index is 0. The van der Waals surface area contributed by atoms with Crippen LogP contribution in [0.1, 0.15) is 12.0 Å². The van der Waals surface area contributed by atoms with E-state index in [1.807, 2.05) is 6.07 Å². The number of hydrogen-bond donors (Lipinski definition) is 2. The number of rotatable bonds is 6. The first-order valence-electron chi connectivity index (χ1n) is 8.75. The maximum atomic E-state index is 12.1. The molecule has 148 valence electrons. The van der Waals surface area contributed by atoms with Crippen LogP contribution in [0.2, 0.25) is 0 Å². The van der Waals surface area contributed by atoms with Crippen molar-refractivity contribution in [3.05, 3.63) is 35.9 Å². The monoisotopic (exact) mass is 405 g/mol. The Labute approximate surface area is 167 Å². The lowest BCUT2D eigenvalue weighted by atomic mass is 10.1. The molecule has 3 rings (SSSR count). The number of amides is 1. The van der Waals surface area contributed by atoms with E-state index >= 15 is 0 Å². The van der Waals surface area contributed by atoms with E-state index in [4.69, 9.17) is 9.47 Å². The first-order chi connectivity index (χ1) is 11.8. The van der Waals surface area contributed by atoms with Gasteiger partial charge in [-0.2, -0.15) is 0 Å². The Hall–Kier alpha value is -0.890. The summed E-state index contributed by atoms with van der Waals surface area (Å²) in [5.74, 6) is 0.0572. The van der Waals surface area contributed by atoms with Crippen LogP contribution in [-0.4, -0.2) is 69.0 Å². The maximum Gasteiger partial charge on any atom is 0.221 e. The third kappa shape index (κ3) is 7.78. The summed E-state index contributed by atoms with van der Waals surface area (Å²) in [5, 5.41) is 6.29. The molecule has 1 aromatic rings. The second-order valence-corrected chi connectivity index (χ2v) is 6.45. The summed E-state index contributed by atoms with van der Waals surface area (Å²) in [4.78, 5) is 14.4. The number of halogens is 2. The van der Waals surface area contributed by atoms with E-state index in [1.165, 1.54) is 5.56 Å². The molecule has 0 saturated carbocycles. The third-order valence-corrected chi connectivity index (χ3v) is 4.43. The van der Waals surface area contributed by atoms with Gasteiger partial charge in [0.2, 0.25) is 5.91 Å². The van der Waals surface area contributed by atoms with Crippen molar-refractivity contribution in [1.29, 1.82) is 0 Å². The number of carbonyl (C=O) groups is 1. The smallest absolute Gasteiger partial charge is 0.221 e. The van der Waals surface area contributed by atoms with Crippen LogP contribution in [0, 0.1) is 0 Å². The molecule has 0 radical (unpaired) electrons. The van der Waals surface area contributed by atoms with E-state index in [2.05, 4.69) is 39.8 Å². The number of ether oxygens (including phenoxy) is 2. The van der Waals surface area contributed by atoms with Gasteiger partial charge in [0.15, 0.2) is 0 Å². The molecule has 1 aromatic carbocycles. The number of nitrogens with zero attached hydrogens (tertiary/aromatic N) is 1. The predicted octanol–water partition coefficient (Wildman–Crippen LogP) is 1.23. The Balaban J connectivity index is 0.00000169. The molecule has 0 aliphatic carbocycles. The van der Waals surface area contributed by atoms with Crippen LogP contribution < -0.4 is 10.6 Å². The Bertz CT molecular complexity index is 516. The Morgan fingerprint density at radius 1 is 1.23 bits per heavy atom. The van der Waals surface area contributed by atoms with E-state index in [1.54, 1.807) is 0 Å². The van der Waals surface area contributed by atoms with Crippen molar-refractivity contribution >= 4 is 30.7 Å². The van der Waals surface area contributed by atoms with Gasteiger partial charge in [0, 0.05) is 45.2 Å². The minimum Gasteiger partial charge on any atom is -0.378 e. The molecule has 0 aromatic heterocycles. The lowest BCUT2D eigenvalue weighted by molar-refractivity contribution is -0.123. The van der Waals surface area contributed by atoms with Crippen molar-refractivity contribution in [2.24, 2.45) is 0 Å². The van der Waals surface area contributed by atoms with E-state index in [0.29, 0.717) is 26.2 Å². The summed E-state index contributed by atoms with van der Waals surface area (Å²) in [6, 6.07) is 10.6. The maximum absolute atomic E-state index is 12.1. The van der Waals surface area contributed by atoms with Crippen molar-refractivity contribution < 1.29 is 14.3 Å². The summed E-state index contributed by atoms with van der Waals surface area (Å²) in [5.41, 5.74) is 1.31. The van der Waals surface area contributed by atoms with Crippen molar-refractivity contribution in [3.63, 3.8) is 0 Å². The Morgan fingerprint density at radius 2 is 2.04 bits per heavy atom. The van der Waals surface area contributed by atoms with Crippen LogP contribution >= 0.6 is 24.8 Å². The number of carbonyl (C=O) groups excluding carboxylic acids is 1. The Kier molecular flexibility index (Phi) is 11.1. The van der Waals surface area contributed by atoms with Crippen LogP contribution in [0.15, 0.2) is 30.3 Å². The number of hydrogen-bond acceptors (Lipinski definition) is 5. The molecule has 6 nitrogen and oxygen atoms in total. The lowest BCUT2D eigenvalue weighted by Gasteiger charge is -2.33. The zero-order chi connectivity index (χ0) is 16.6. The van der Waals surface area contributed by atoms with Gasteiger partial charge in [-0.15, -0.1) is 24.8 Å². The van der Waals surface area contributed by atoms with E-state index < -0.39 is 0 Å². The summed E-state index contributed by atoms with van der Waals surface area (Å²) >= 11 is 0. The van der Waals surface area contributed by atoms with Gasteiger partial charge < -0.3 is 20.1 Å². The zero-order valence-corrected chi connectivity index (χ0v) is 16.5. The number of benzene rings is 1. The van der Waals surface area contributed by atoms with Crippen molar-refractivity contribution in [3.8, 4) is 0 Å². The topological polar surface area (TPSA) is 62.8 Å². The normalized spacial score (nSPS) is 23.4. The van der Waals surface area contributed by atoms with Crippen LogP contribution in [0.4, 0.5) is 0 Å². The highest BCUT2D eigenvalue weighted by molar-refractivity contribution is 5.85. The van der Waals surface area contributed by atoms with E-state index in [-0.39, 0.29) is 42.9 Å². The summed E-state index contributed by atoms with van der Waals surface area (Å²) in [7, 11) is 0.